The van der Waals surface area contributed by atoms with Crippen LogP contribution in [0.3, 0.4) is 0 Å². The third-order valence-electron chi connectivity index (χ3n) is 3.16. The highest BCUT2D eigenvalue weighted by atomic mass is 79.9. The molecule has 19 heavy (non-hydrogen) atoms. The van der Waals surface area contributed by atoms with E-state index in [0.717, 1.165) is 17.3 Å². The zero-order valence-corrected chi connectivity index (χ0v) is 12.7. The summed E-state index contributed by atoms with van der Waals surface area (Å²) < 4.78 is 6.37. The lowest BCUT2D eigenvalue weighted by atomic mass is 9.94. The number of nitrogen functional groups attached to an aromatic ring is 1. The molecule has 0 saturated carbocycles. The second kappa shape index (κ2) is 5.46. The van der Waals surface area contributed by atoms with Crippen molar-refractivity contribution >= 4 is 27.7 Å². The molecule has 1 fully saturated rings. The van der Waals surface area contributed by atoms with E-state index in [2.05, 4.69) is 26.2 Å². The summed E-state index contributed by atoms with van der Waals surface area (Å²) in [5, 5.41) is 3.00. The molecule has 5 nitrogen and oxygen atoms in total. The van der Waals surface area contributed by atoms with Gasteiger partial charge >= 0.3 is 0 Å². The van der Waals surface area contributed by atoms with Gasteiger partial charge in [0.25, 0.3) is 5.91 Å². The number of amides is 1. The van der Waals surface area contributed by atoms with Crippen molar-refractivity contribution < 1.29 is 9.53 Å². The number of pyridine rings is 1. The first-order chi connectivity index (χ1) is 8.87. The van der Waals surface area contributed by atoms with E-state index in [1.807, 2.05) is 13.8 Å². The number of nitrogens with two attached hydrogens (primary N) is 1. The van der Waals surface area contributed by atoms with Crippen LogP contribution in [0.2, 0.25) is 0 Å². The number of carbonyl (C=O) groups excluding carboxylic acids is 1. The van der Waals surface area contributed by atoms with E-state index < -0.39 is 0 Å². The standard InChI is InChI=1S/C13H18BrN3O2/c1-13(2)6-9(3-4-19-13)17-12(18)10-5-8(14)7-16-11(10)15/h5,7,9H,3-4,6H2,1-2H3,(H2,15,16)(H,17,18). The quantitative estimate of drug-likeness (QED) is 0.872. The number of nitrogens with one attached hydrogen (secondary N) is 1. The zero-order chi connectivity index (χ0) is 14.0. The number of hydrogen-bond acceptors (Lipinski definition) is 4. The van der Waals surface area contributed by atoms with Crippen LogP contribution in [0, 0.1) is 0 Å². The van der Waals surface area contributed by atoms with Crippen molar-refractivity contribution in [2.24, 2.45) is 0 Å². The fourth-order valence-corrected chi connectivity index (χ4v) is 2.58. The Morgan fingerprint density at radius 3 is 3.05 bits per heavy atom. The third-order valence-corrected chi connectivity index (χ3v) is 3.60. The van der Waals surface area contributed by atoms with E-state index in [1.54, 1.807) is 12.3 Å². The van der Waals surface area contributed by atoms with Crippen molar-refractivity contribution in [1.82, 2.24) is 10.3 Å². The average molecular weight is 328 g/mol. The summed E-state index contributed by atoms with van der Waals surface area (Å²) in [6.07, 6.45) is 3.18. The molecular formula is C13H18BrN3O2. The minimum Gasteiger partial charge on any atom is -0.383 e. The first-order valence-electron chi connectivity index (χ1n) is 6.23. The van der Waals surface area contributed by atoms with E-state index in [-0.39, 0.29) is 23.4 Å². The number of hydrogen-bond donors (Lipinski definition) is 2. The molecule has 0 aromatic carbocycles. The van der Waals surface area contributed by atoms with Crippen LogP contribution in [0.5, 0.6) is 0 Å². The molecule has 0 radical (unpaired) electrons. The molecule has 1 aromatic heterocycles. The molecule has 0 bridgehead atoms. The summed E-state index contributed by atoms with van der Waals surface area (Å²) in [4.78, 5) is 16.2. The fraction of sp³-hybridized carbons (Fsp3) is 0.538. The van der Waals surface area contributed by atoms with Gasteiger partial charge in [-0.15, -0.1) is 0 Å². The highest BCUT2D eigenvalue weighted by Crippen LogP contribution is 2.24. The van der Waals surface area contributed by atoms with Gasteiger partial charge in [0.05, 0.1) is 11.2 Å². The topological polar surface area (TPSA) is 77.2 Å². The average Bonchev–Trinajstić information content (AvgIpc) is 2.31. The maximum absolute atomic E-state index is 12.2. The second-order valence-electron chi connectivity index (χ2n) is 5.36. The van der Waals surface area contributed by atoms with Crippen LogP contribution < -0.4 is 11.1 Å². The van der Waals surface area contributed by atoms with E-state index >= 15 is 0 Å². The first-order valence-corrected chi connectivity index (χ1v) is 7.02. The molecule has 0 aliphatic carbocycles. The van der Waals surface area contributed by atoms with Crippen molar-refractivity contribution in [2.45, 2.75) is 38.3 Å². The largest absolute Gasteiger partial charge is 0.383 e. The van der Waals surface area contributed by atoms with Crippen molar-refractivity contribution in [3.8, 4) is 0 Å². The second-order valence-corrected chi connectivity index (χ2v) is 6.27. The maximum Gasteiger partial charge on any atom is 0.255 e. The summed E-state index contributed by atoms with van der Waals surface area (Å²) in [7, 11) is 0. The predicted octanol–water partition coefficient (Wildman–Crippen LogP) is 2.11. The van der Waals surface area contributed by atoms with Gasteiger partial charge in [-0.05, 0) is 48.7 Å². The Hall–Kier alpha value is -1.14. The van der Waals surface area contributed by atoms with Gasteiger partial charge in [0.1, 0.15) is 5.82 Å². The molecule has 0 spiro atoms. The lowest BCUT2D eigenvalue weighted by Gasteiger charge is -2.35. The molecule has 1 aromatic rings. The first kappa shape index (κ1) is 14.3. The number of aromatic nitrogens is 1. The Bertz CT molecular complexity index is 491. The van der Waals surface area contributed by atoms with Crippen LogP contribution in [0.4, 0.5) is 5.82 Å². The Balaban J connectivity index is 2.06. The summed E-state index contributed by atoms with van der Waals surface area (Å²) in [5.41, 5.74) is 5.94. The fourth-order valence-electron chi connectivity index (χ4n) is 2.25. The minimum absolute atomic E-state index is 0.106. The molecule has 1 aliphatic rings. The van der Waals surface area contributed by atoms with Crippen LogP contribution in [0.25, 0.3) is 0 Å². The van der Waals surface area contributed by atoms with Crippen molar-refractivity contribution in [3.05, 3.63) is 22.3 Å². The summed E-state index contributed by atoms with van der Waals surface area (Å²) >= 11 is 3.29. The van der Waals surface area contributed by atoms with Gasteiger partial charge in [-0.1, -0.05) is 0 Å². The lowest BCUT2D eigenvalue weighted by Crippen LogP contribution is -2.45. The van der Waals surface area contributed by atoms with Gasteiger partial charge in [0.15, 0.2) is 0 Å². The number of anilines is 1. The van der Waals surface area contributed by atoms with Gasteiger partial charge in [-0.2, -0.15) is 0 Å². The number of nitrogens with zero attached hydrogens (tertiary/aromatic N) is 1. The highest BCUT2D eigenvalue weighted by Gasteiger charge is 2.30. The number of ether oxygens (including phenoxy) is 1. The number of halogens is 1. The molecule has 104 valence electrons. The number of rotatable bonds is 2. The Kier molecular flexibility index (Phi) is 4.10. The van der Waals surface area contributed by atoms with Gasteiger partial charge in [-0.3, -0.25) is 4.79 Å². The molecule has 1 atom stereocenters. The molecule has 1 amide bonds. The van der Waals surface area contributed by atoms with Crippen LogP contribution in [-0.4, -0.2) is 29.1 Å². The molecule has 1 unspecified atom stereocenters. The van der Waals surface area contributed by atoms with E-state index in [9.17, 15) is 4.79 Å². The van der Waals surface area contributed by atoms with Gasteiger partial charge < -0.3 is 15.8 Å². The molecule has 1 saturated heterocycles. The van der Waals surface area contributed by atoms with E-state index in [4.69, 9.17) is 10.5 Å². The Morgan fingerprint density at radius 2 is 2.37 bits per heavy atom. The van der Waals surface area contributed by atoms with E-state index in [1.165, 1.54) is 0 Å². The lowest BCUT2D eigenvalue weighted by molar-refractivity contribution is -0.0615. The zero-order valence-electron chi connectivity index (χ0n) is 11.1. The van der Waals surface area contributed by atoms with Crippen LogP contribution in [0.1, 0.15) is 37.0 Å². The van der Waals surface area contributed by atoms with Crippen molar-refractivity contribution in [3.63, 3.8) is 0 Å². The molecule has 2 heterocycles. The maximum atomic E-state index is 12.2. The van der Waals surface area contributed by atoms with Crippen molar-refractivity contribution in [2.75, 3.05) is 12.3 Å². The van der Waals surface area contributed by atoms with Gasteiger partial charge in [0, 0.05) is 23.3 Å². The summed E-state index contributed by atoms with van der Waals surface area (Å²) in [6, 6.07) is 1.79. The van der Waals surface area contributed by atoms with Gasteiger partial charge in [-0.25, -0.2) is 4.98 Å². The van der Waals surface area contributed by atoms with Crippen LogP contribution in [0.15, 0.2) is 16.7 Å². The molecule has 2 rings (SSSR count). The van der Waals surface area contributed by atoms with Gasteiger partial charge in [0.2, 0.25) is 0 Å². The van der Waals surface area contributed by atoms with Crippen molar-refractivity contribution in [1.29, 1.82) is 0 Å². The van der Waals surface area contributed by atoms with Crippen LogP contribution >= 0.6 is 15.9 Å². The summed E-state index contributed by atoms with van der Waals surface area (Å²) in [6.45, 7) is 4.71. The Morgan fingerprint density at radius 1 is 1.63 bits per heavy atom. The minimum atomic E-state index is -0.197. The van der Waals surface area contributed by atoms with E-state index in [0.29, 0.717) is 12.2 Å². The summed E-state index contributed by atoms with van der Waals surface area (Å²) in [5.74, 6) is 0.0565. The monoisotopic (exact) mass is 327 g/mol. The highest BCUT2D eigenvalue weighted by molar-refractivity contribution is 9.10. The molecule has 3 N–H and O–H groups in total. The van der Waals surface area contributed by atoms with Crippen LogP contribution in [-0.2, 0) is 4.74 Å². The molecular weight excluding hydrogens is 310 g/mol. The predicted molar refractivity (Wildman–Crippen MR) is 76.9 cm³/mol. The SMILES string of the molecule is CC1(C)CC(NC(=O)c2cc(Br)cnc2N)CCO1. The normalized spacial score (nSPS) is 21.9. The smallest absolute Gasteiger partial charge is 0.255 e. The Labute approximate surface area is 121 Å². The molecule has 6 heteroatoms. The number of carbonyl (C=O) groups is 1. The third kappa shape index (κ3) is 3.67. The molecule has 1 aliphatic heterocycles.